The summed E-state index contributed by atoms with van der Waals surface area (Å²) in [6.07, 6.45) is 2.86. The van der Waals surface area contributed by atoms with Crippen LogP contribution in [0.2, 0.25) is 0 Å². The molecular weight excluding hydrogens is 463 g/mol. The first-order valence-electron chi connectivity index (χ1n) is 11.1. The van der Waals surface area contributed by atoms with Crippen molar-refractivity contribution in [1.82, 2.24) is 10.2 Å². The summed E-state index contributed by atoms with van der Waals surface area (Å²) in [6.45, 7) is 0.545. The van der Waals surface area contributed by atoms with Crippen LogP contribution in [0, 0.1) is 5.82 Å². The van der Waals surface area contributed by atoms with Gasteiger partial charge in [0, 0.05) is 30.5 Å². The van der Waals surface area contributed by atoms with Gasteiger partial charge >= 0.3 is 0 Å². The van der Waals surface area contributed by atoms with Crippen molar-refractivity contribution in [3.05, 3.63) is 101 Å². The largest absolute Gasteiger partial charge is 0.375 e. The molecule has 8 heteroatoms. The fraction of sp³-hybridized carbons (Fsp3) is 0.148. The van der Waals surface area contributed by atoms with E-state index in [4.69, 9.17) is 4.74 Å². The first kappa shape index (κ1) is 22.9. The zero-order valence-electron chi connectivity index (χ0n) is 19.0. The Balaban J connectivity index is 1.29. The third-order valence-corrected chi connectivity index (χ3v) is 6.62. The fourth-order valence-corrected chi connectivity index (χ4v) is 4.81. The van der Waals surface area contributed by atoms with Gasteiger partial charge in [-0.2, -0.15) is 0 Å². The van der Waals surface area contributed by atoms with Gasteiger partial charge in [0.1, 0.15) is 17.4 Å². The van der Waals surface area contributed by atoms with E-state index in [1.54, 1.807) is 6.07 Å². The number of fused-ring (bicyclic) bond motifs is 1. The van der Waals surface area contributed by atoms with Crippen LogP contribution >= 0.6 is 11.3 Å². The van der Waals surface area contributed by atoms with Gasteiger partial charge in [0.2, 0.25) is 11.0 Å². The summed E-state index contributed by atoms with van der Waals surface area (Å²) >= 11 is 1.46. The van der Waals surface area contributed by atoms with Crippen molar-refractivity contribution in [2.24, 2.45) is 0 Å². The van der Waals surface area contributed by atoms with Crippen molar-refractivity contribution in [1.29, 1.82) is 0 Å². The number of nitrogens with zero attached hydrogens (tertiary/aromatic N) is 2. The molecule has 0 radical (unpaired) electrons. The number of carbonyl (C=O) groups excluding carboxylic acids is 1. The molecular formula is C27H23FN4O2S. The molecule has 0 saturated carbocycles. The summed E-state index contributed by atoms with van der Waals surface area (Å²) in [7, 11) is 1.48. The van der Waals surface area contributed by atoms with Crippen molar-refractivity contribution in [2.75, 3.05) is 24.4 Å². The number of methoxy groups -OCH3 is 1. The number of halogens is 1. The first-order chi connectivity index (χ1) is 17.1. The van der Waals surface area contributed by atoms with Gasteiger partial charge in [-0.3, -0.25) is 4.79 Å². The van der Waals surface area contributed by atoms with Gasteiger partial charge in [0.25, 0.3) is 0 Å². The van der Waals surface area contributed by atoms with E-state index < -0.39 is 0 Å². The van der Waals surface area contributed by atoms with E-state index in [0.717, 1.165) is 33.7 Å². The third-order valence-electron chi connectivity index (χ3n) is 5.69. The molecule has 1 heterocycles. The Morgan fingerprint density at radius 3 is 2.80 bits per heavy atom. The van der Waals surface area contributed by atoms with E-state index >= 15 is 0 Å². The highest BCUT2D eigenvalue weighted by Gasteiger charge is 2.19. The molecule has 0 fully saturated rings. The summed E-state index contributed by atoms with van der Waals surface area (Å²) in [5.74, 6) is -0.421. The van der Waals surface area contributed by atoms with Gasteiger partial charge in [0.15, 0.2) is 0 Å². The second-order valence-electron chi connectivity index (χ2n) is 8.12. The average molecular weight is 487 g/mol. The molecule has 1 aromatic heterocycles. The highest BCUT2D eigenvalue weighted by molar-refractivity contribution is 7.18. The smallest absolute Gasteiger partial charge is 0.250 e. The van der Waals surface area contributed by atoms with Crippen molar-refractivity contribution >= 4 is 33.6 Å². The Hall–Kier alpha value is -3.88. The van der Waals surface area contributed by atoms with E-state index in [2.05, 4.69) is 39.0 Å². The van der Waals surface area contributed by atoms with Crippen LogP contribution in [0.3, 0.4) is 0 Å². The number of aromatic nitrogens is 2. The van der Waals surface area contributed by atoms with Crippen LogP contribution in [0.15, 0.2) is 72.8 Å². The lowest BCUT2D eigenvalue weighted by Gasteiger charge is -2.09. The summed E-state index contributed by atoms with van der Waals surface area (Å²) in [6, 6.07) is 20.6. The minimum atomic E-state index is -0.221. The lowest BCUT2D eigenvalue weighted by atomic mass is 9.97. The molecule has 0 atom stereocenters. The molecule has 2 N–H and O–H groups in total. The molecule has 1 aliphatic rings. The maximum atomic E-state index is 14.4. The van der Waals surface area contributed by atoms with E-state index in [9.17, 15) is 9.18 Å². The van der Waals surface area contributed by atoms with Crippen LogP contribution < -0.4 is 10.6 Å². The SMILES string of the molecule is COCC(=O)Nc1cccc(CNc2nnc(-c3ccc4c(c3)C(c3ccccc3F)=CC4)s2)c1. The molecule has 0 bridgehead atoms. The lowest BCUT2D eigenvalue weighted by Crippen LogP contribution is -2.17. The van der Waals surface area contributed by atoms with Gasteiger partial charge in [0.05, 0.1) is 0 Å². The van der Waals surface area contributed by atoms with E-state index in [1.165, 1.54) is 30.1 Å². The van der Waals surface area contributed by atoms with Crippen molar-refractivity contribution in [2.45, 2.75) is 13.0 Å². The maximum absolute atomic E-state index is 14.4. The van der Waals surface area contributed by atoms with Crippen LogP contribution in [-0.2, 0) is 22.5 Å². The lowest BCUT2D eigenvalue weighted by molar-refractivity contribution is -0.119. The van der Waals surface area contributed by atoms with E-state index in [-0.39, 0.29) is 18.3 Å². The molecule has 6 nitrogen and oxygen atoms in total. The van der Waals surface area contributed by atoms with Gasteiger partial charge in [-0.25, -0.2) is 4.39 Å². The Morgan fingerprint density at radius 1 is 1.06 bits per heavy atom. The number of benzene rings is 3. The molecule has 35 heavy (non-hydrogen) atoms. The summed E-state index contributed by atoms with van der Waals surface area (Å²) in [5, 5.41) is 16.2. The van der Waals surface area contributed by atoms with Gasteiger partial charge in [-0.15, -0.1) is 10.2 Å². The number of ether oxygens (including phenoxy) is 1. The average Bonchev–Trinajstić information content (AvgIpc) is 3.50. The zero-order chi connectivity index (χ0) is 24.2. The van der Waals surface area contributed by atoms with Gasteiger partial charge in [-0.05, 0) is 52.9 Å². The number of rotatable bonds is 8. The van der Waals surface area contributed by atoms with Crippen molar-refractivity contribution in [3.8, 4) is 10.6 Å². The Bertz CT molecular complexity index is 1420. The summed E-state index contributed by atoms with van der Waals surface area (Å²) in [5.41, 5.74) is 6.39. The minimum absolute atomic E-state index is 0.0102. The number of amides is 1. The molecule has 0 spiro atoms. The summed E-state index contributed by atoms with van der Waals surface area (Å²) < 4.78 is 19.3. The highest BCUT2D eigenvalue weighted by Crippen LogP contribution is 2.37. The highest BCUT2D eigenvalue weighted by atomic mass is 32.1. The van der Waals surface area contributed by atoms with Crippen molar-refractivity contribution in [3.63, 3.8) is 0 Å². The van der Waals surface area contributed by atoms with Crippen LogP contribution in [0.4, 0.5) is 15.2 Å². The van der Waals surface area contributed by atoms with Crippen LogP contribution in [0.25, 0.3) is 16.1 Å². The molecule has 4 aromatic rings. The number of hydrogen-bond acceptors (Lipinski definition) is 6. The standard InChI is InChI=1S/C27H23FN4O2S/c1-34-16-25(33)30-20-6-4-5-17(13-20)15-29-27-32-31-26(35-27)19-10-9-18-11-12-21(23(18)14-19)22-7-2-3-8-24(22)28/h2-10,12-14H,11,15-16H2,1H3,(H,29,32)(H,30,33). The van der Waals surface area contributed by atoms with Crippen molar-refractivity contribution < 1.29 is 13.9 Å². The van der Waals surface area contributed by atoms with Crippen LogP contribution in [0.1, 0.15) is 22.3 Å². The zero-order valence-corrected chi connectivity index (χ0v) is 19.9. The number of anilines is 2. The topological polar surface area (TPSA) is 76.1 Å². The predicted molar refractivity (Wildman–Crippen MR) is 137 cm³/mol. The number of allylic oxidation sites excluding steroid dienone is 1. The summed E-state index contributed by atoms with van der Waals surface area (Å²) in [4.78, 5) is 11.7. The molecule has 0 aliphatic heterocycles. The number of carbonyl (C=O) groups is 1. The normalized spacial score (nSPS) is 12.2. The Kier molecular flexibility index (Phi) is 6.65. The Labute approximate surface area is 206 Å². The third kappa shape index (κ3) is 5.13. The molecule has 1 amide bonds. The Morgan fingerprint density at radius 2 is 1.94 bits per heavy atom. The quantitative estimate of drug-likeness (QED) is 0.343. The number of hydrogen-bond donors (Lipinski definition) is 2. The van der Waals surface area contributed by atoms with Gasteiger partial charge in [-0.1, -0.05) is 59.9 Å². The van der Waals surface area contributed by atoms with Crippen LogP contribution in [0.5, 0.6) is 0 Å². The minimum Gasteiger partial charge on any atom is -0.375 e. The second-order valence-corrected chi connectivity index (χ2v) is 9.10. The van der Waals surface area contributed by atoms with Gasteiger partial charge < -0.3 is 15.4 Å². The molecule has 3 aromatic carbocycles. The monoisotopic (exact) mass is 486 g/mol. The predicted octanol–water partition coefficient (Wildman–Crippen LogP) is 5.53. The maximum Gasteiger partial charge on any atom is 0.250 e. The van der Waals surface area contributed by atoms with E-state index in [1.807, 2.05) is 42.5 Å². The first-order valence-corrected chi connectivity index (χ1v) is 12.0. The van der Waals surface area contributed by atoms with Crippen LogP contribution in [-0.4, -0.2) is 29.8 Å². The molecule has 0 unspecified atom stereocenters. The van der Waals surface area contributed by atoms with E-state index in [0.29, 0.717) is 22.9 Å². The molecule has 176 valence electrons. The molecule has 5 rings (SSSR count). The fourth-order valence-electron chi connectivity index (χ4n) is 4.07. The molecule has 1 aliphatic carbocycles. The number of nitrogens with one attached hydrogen (secondary N) is 2. The molecule has 0 saturated heterocycles. The second kappa shape index (κ2) is 10.2.